The van der Waals surface area contributed by atoms with Crippen molar-refractivity contribution in [3.8, 4) is 5.88 Å². The molecule has 3 aromatic rings. The van der Waals surface area contributed by atoms with Gasteiger partial charge in [-0.15, -0.1) is 0 Å². The van der Waals surface area contributed by atoms with Crippen LogP contribution in [0.5, 0.6) is 5.88 Å². The van der Waals surface area contributed by atoms with Crippen molar-refractivity contribution in [3.63, 3.8) is 0 Å². The van der Waals surface area contributed by atoms with Gasteiger partial charge in [0.05, 0.1) is 24.2 Å². The van der Waals surface area contributed by atoms with Crippen LogP contribution in [-0.2, 0) is 6.54 Å². The van der Waals surface area contributed by atoms with E-state index >= 15 is 0 Å². The van der Waals surface area contributed by atoms with Crippen LogP contribution in [-0.4, -0.2) is 26.6 Å². The Kier molecular flexibility index (Phi) is 3.42. The normalized spacial score (nSPS) is 10.9. The molecule has 0 fully saturated rings. The lowest BCUT2D eigenvalue weighted by molar-refractivity contribution is 0.397. The fraction of sp³-hybridized carbons (Fsp3) is 0.154. The lowest BCUT2D eigenvalue weighted by atomic mass is 10.2. The maximum atomic E-state index is 5.93. The molecule has 0 aliphatic heterocycles. The van der Waals surface area contributed by atoms with Crippen LogP contribution in [0.25, 0.3) is 11.2 Å². The van der Waals surface area contributed by atoms with Crippen LogP contribution < -0.4 is 4.74 Å². The Morgan fingerprint density at radius 1 is 1.40 bits per heavy atom. The van der Waals surface area contributed by atoms with Crippen LogP contribution >= 0.6 is 23.8 Å². The molecule has 1 N–H and O–H groups in total. The number of hydrogen-bond acceptors (Lipinski definition) is 4. The van der Waals surface area contributed by atoms with Gasteiger partial charge in [0.1, 0.15) is 0 Å². The SMILES string of the molecule is COc1cc(Cn2c(=S)[nH]c3cc(Cl)cnc32)ccn1. The maximum absolute atomic E-state index is 5.93. The summed E-state index contributed by atoms with van der Waals surface area (Å²) >= 11 is 11.3. The Balaban J connectivity index is 2.06. The molecule has 0 unspecified atom stereocenters. The fourth-order valence-electron chi connectivity index (χ4n) is 2.01. The number of imidazole rings is 1. The Bertz CT molecular complexity index is 827. The molecule has 3 rings (SSSR count). The Hall–Kier alpha value is -1.92. The van der Waals surface area contributed by atoms with Crippen LogP contribution in [0.3, 0.4) is 0 Å². The average Bonchev–Trinajstić information content (AvgIpc) is 2.74. The monoisotopic (exact) mass is 306 g/mol. The molecular formula is C13H11ClN4OS. The third-order valence-electron chi connectivity index (χ3n) is 2.92. The Morgan fingerprint density at radius 2 is 2.25 bits per heavy atom. The molecule has 3 heterocycles. The smallest absolute Gasteiger partial charge is 0.213 e. The van der Waals surface area contributed by atoms with Gasteiger partial charge in [-0.1, -0.05) is 11.6 Å². The van der Waals surface area contributed by atoms with E-state index in [2.05, 4.69) is 15.0 Å². The van der Waals surface area contributed by atoms with E-state index in [4.69, 9.17) is 28.6 Å². The van der Waals surface area contributed by atoms with E-state index in [9.17, 15) is 0 Å². The van der Waals surface area contributed by atoms with E-state index in [1.807, 2.05) is 22.8 Å². The van der Waals surface area contributed by atoms with E-state index in [1.54, 1.807) is 19.5 Å². The van der Waals surface area contributed by atoms with Gasteiger partial charge in [-0.25, -0.2) is 9.97 Å². The maximum Gasteiger partial charge on any atom is 0.213 e. The summed E-state index contributed by atoms with van der Waals surface area (Å²) in [6, 6.07) is 5.60. The van der Waals surface area contributed by atoms with Gasteiger partial charge in [0.25, 0.3) is 0 Å². The first-order valence-electron chi connectivity index (χ1n) is 5.90. The van der Waals surface area contributed by atoms with Crippen molar-refractivity contribution in [2.24, 2.45) is 0 Å². The lowest BCUT2D eigenvalue weighted by Crippen LogP contribution is -2.01. The third-order valence-corrected chi connectivity index (χ3v) is 3.45. The van der Waals surface area contributed by atoms with Gasteiger partial charge >= 0.3 is 0 Å². The highest BCUT2D eigenvalue weighted by Crippen LogP contribution is 2.18. The van der Waals surface area contributed by atoms with Crippen molar-refractivity contribution in [2.45, 2.75) is 6.54 Å². The molecule has 0 aromatic carbocycles. The first-order chi connectivity index (χ1) is 9.67. The number of nitrogens with zero attached hydrogens (tertiary/aromatic N) is 3. The number of ether oxygens (including phenoxy) is 1. The van der Waals surface area contributed by atoms with E-state index < -0.39 is 0 Å². The van der Waals surface area contributed by atoms with Crippen molar-refractivity contribution in [3.05, 3.63) is 45.9 Å². The van der Waals surface area contributed by atoms with E-state index in [-0.39, 0.29) is 0 Å². The number of pyridine rings is 2. The van der Waals surface area contributed by atoms with Gasteiger partial charge in [0, 0.05) is 18.5 Å². The predicted molar refractivity (Wildman–Crippen MR) is 79.8 cm³/mol. The zero-order chi connectivity index (χ0) is 14.1. The van der Waals surface area contributed by atoms with Crippen LogP contribution in [0, 0.1) is 4.77 Å². The first-order valence-corrected chi connectivity index (χ1v) is 6.69. The van der Waals surface area contributed by atoms with Crippen molar-refractivity contribution in [1.82, 2.24) is 19.5 Å². The molecule has 0 amide bonds. The molecule has 5 nitrogen and oxygen atoms in total. The number of halogens is 1. The summed E-state index contributed by atoms with van der Waals surface area (Å²) in [4.78, 5) is 11.5. The number of methoxy groups -OCH3 is 1. The van der Waals surface area contributed by atoms with Crippen LogP contribution in [0.4, 0.5) is 0 Å². The summed E-state index contributed by atoms with van der Waals surface area (Å²) in [5.74, 6) is 0.574. The Labute approximate surface area is 125 Å². The zero-order valence-corrected chi connectivity index (χ0v) is 12.2. The summed E-state index contributed by atoms with van der Waals surface area (Å²) in [6.07, 6.45) is 3.31. The molecule has 7 heteroatoms. The minimum Gasteiger partial charge on any atom is -0.481 e. The van der Waals surface area contributed by atoms with Gasteiger partial charge in [0.15, 0.2) is 10.4 Å². The third kappa shape index (κ3) is 2.39. The van der Waals surface area contributed by atoms with Gasteiger partial charge in [-0.2, -0.15) is 0 Å². The molecule has 0 aliphatic carbocycles. The predicted octanol–water partition coefficient (Wildman–Crippen LogP) is 3.20. The Morgan fingerprint density at radius 3 is 3.05 bits per heavy atom. The molecular weight excluding hydrogens is 296 g/mol. The van der Waals surface area contributed by atoms with Gasteiger partial charge < -0.3 is 9.72 Å². The molecule has 0 atom stereocenters. The van der Waals surface area contributed by atoms with Crippen molar-refractivity contribution >= 4 is 35.0 Å². The summed E-state index contributed by atoms with van der Waals surface area (Å²) in [7, 11) is 1.59. The number of rotatable bonds is 3. The molecule has 0 aliphatic rings. The highest BCUT2D eigenvalue weighted by Gasteiger charge is 2.07. The number of fused-ring (bicyclic) bond motifs is 1. The van der Waals surface area contributed by atoms with Crippen LogP contribution in [0.15, 0.2) is 30.6 Å². The highest BCUT2D eigenvalue weighted by molar-refractivity contribution is 7.71. The molecule has 0 bridgehead atoms. The minimum absolute atomic E-state index is 0.574. The summed E-state index contributed by atoms with van der Waals surface area (Å²) in [5, 5.41) is 0.575. The number of hydrogen-bond donors (Lipinski definition) is 1. The number of aromatic amines is 1. The zero-order valence-electron chi connectivity index (χ0n) is 10.6. The van der Waals surface area contributed by atoms with Crippen LogP contribution in [0.1, 0.15) is 5.56 Å². The number of nitrogens with one attached hydrogen (secondary N) is 1. The molecule has 0 saturated heterocycles. The second-order valence-electron chi connectivity index (χ2n) is 4.25. The van der Waals surface area contributed by atoms with E-state index in [1.165, 1.54) is 0 Å². The van der Waals surface area contributed by atoms with Crippen molar-refractivity contribution in [2.75, 3.05) is 7.11 Å². The number of H-pyrrole nitrogens is 1. The van der Waals surface area contributed by atoms with Crippen LogP contribution in [0.2, 0.25) is 5.02 Å². The second-order valence-corrected chi connectivity index (χ2v) is 5.07. The van der Waals surface area contributed by atoms with Crippen molar-refractivity contribution in [1.29, 1.82) is 0 Å². The first kappa shape index (κ1) is 13.1. The lowest BCUT2D eigenvalue weighted by Gasteiger charge is -2.05. The topological polar surface area (TPSA) is 55.7 Å². The van der Waals surface area contributed by atoms with Crippen molar-refractivity contribution < 1.29 is 4.74 Å². The summed E-state index contributed by atoms with van der Waals surface area (Å²) in [5.41, 5.74) is 2.63. The second kappa shape index (κ2) is 5.22. The van der Waals surface area contributed by atoms with Gasteiger partial charge in [0.2, 0.25) is 5.88 Å². The highest BCUT2D eigenvalue weighted by atomic mass is 35.5. The van der Waals surface area contributed by atoms with Gasteiger partial charge in [-0.05, 0) is 29.9 Å². The largest absolute Gasteiger partial charge is 0.481 e. The van der Waals surface area contributed by atoms with E-state index in [0.29, 0.717) is 22.2 Å². The molecule has 20 heavy (non-hydrogen) atoms. The molecule has 0 radical (unpaired) electrons. The fourth-order valence-corrected chi connectivity index (χ4v) is 2.43. The summed E-state index contributed by atoms with van der Waals surface area (Å²) < 4.78 is 7.64. The van der Waals surface area contributed by atoms with E-state index in [0.717, 1.165) is 16.7 Å². The molecule has 0 spiro atoms. The standard InChI is InChI=1S/C13H11ClN4OS/c1-19-11-4-8(2-3-15-11)7-18-12-10(17-13(18)20)5-9(14)6-16-12/h2-6H,7H2,1H3,(H,17,20). The molecule has 3 aromatic heterocycles. The quantitative estimate of drug-likeness (QED) is 0.755. The molecule has 102 valence electrons. The molecule has 0 saturated carbocycles. The number of aromatic nitrogens is 4. The average molecular weight is 307 g/mol. The minimum atomic E-state index is 0.574. The van der Waals surface area contributed by atoms with Gasteiger partial charge in [-0.3, -0.25) is 4.57 Å². The summed E-state index contributed by atoms with van der Waals surface area (Å²) in [6.45, 7) is 0.590.